The van der Waals surface area contributed by atoms with Gasteiger partial charge < -0.3 is 9.69 Å². The zero-order valence-electron chi connectivity index (χ0n) is 10.6. The predicted octanol–water partition coefficient (Wildman–Crippen LogP) is 2.47. The first-order valence-corrected chi connectivity index (χ1v) is 7.15. The third-order valence-electron chi connectivity index (χ3n) is 3.40. The van der Waals surface area contributed by atoms with E-state index in [-0.39, 0.29) is 5.78 Å². The van der Waals surface area contributed by atoms with Gasteiger partial charge in [0, 0.05) is 24.1 Å². The number of likely N-dealkylation sites (tertiary alicyclic amines) is 1. The third kappa shape index (κ3) is 3.61. The predicted molar refractivity (Wildman–Crippen MR) is 70.6 cm³/mol. The number of aryl methyl sites for hydroxylation is 1. The van der Waals surface area contributed by atoms with Gasteiger partial charge >= 0.3 is 0 Å². The van der Waals surface area contributed by atoms with Crippen LogP contribution in [0.15, 0.2) is 5.38 Å². The minimum absolute atomic E-state index is 0.251. The lowest BCUT2D eigenvalue weighted by Gasteiger charge is -2.27. The summed E-state index contributed by atoms with van der Waals surface area (Å²) in [6, 6.07) is 0. The number of ketones is 1. The molecule has 17 heavy (non-hydrogen) atoms. The maximum absolute atomic E-state index is 10.9. The number of hydrogen-bond acceptors (Lipinski definition) is 4. The zero-order chi connectivity index (χ0) is 12.3. The molecule has 1 fully saturated rings. The van der Waals surface area contributed by atoms with E-state index in [0.29, 0.717) is 12.3 Å². The summed E-state index contributed by atoms with van der Waals surface area (Å²) in [7, 11) is 2.18. The van der Waals surface area contributed by atoms with Crippen molar-refractivity contribution in [2.75, 3.05) is 20.1 Å². The molecule has 1 aliphatic rings. The molecule has 0 aliphatic carbocycles. The minimum atomic E-state index is 0.251. The van der Waals surface area contributed by atoms with Crippen molar-refractivity contribution in [2.45, 2.75) is 38.5 Å². The summed E-state index contributed by atoms with van der Waals surface area (Å²) in [5.41, 5.74) is 1.25. The van der Waals surface area contributed by atoms with Crippen molar-refractivity contribution in [2.24, 2.45) is 0 Å². The van der Waals surface area contributed by atoms with Crippen LogP contribution in [0.2, 0.25) is 0 Å². The lowest BCUT2D eigenvalue weighted by Crippen LogP contribution is -2.29. The fraction of sp³-hybridized carbons (Fsp3) is 0.692. The van der Waals surface area contributed by atoms with Gasteiger partial charge in [-0.25, -0.2) is 4.98 Å². The molecule has 0 aromatic carbocycles. The summed E-state index contributed by atoms with van der Waals surface area (Å²) in [5.74, 6) is 0.884. The highest BCUT2D eigenvalue weighted by molar-refractivity contribution is 7.09. The minimum Gasteiger partial charge on any atom is -0.306 e. The molecule has 2 rings (SSSR count). The Balaban J connectivity index is 1.91. The van der Waals surface area contributed by atoms with Gasteiger partial charge in [-0.1, -0.05) is 0 Å². The van der Waals surface area contributed by atoms with E-state index in [1.165, 1.54) is 31.6 Å². The Morgan fingerprint density at radius 2 is 2.24 bits per heavy atom. The normalized spacial score (nSPS) is 18.5. The molecular weight excluding hydrogens is 232 g/mol. The molecule has 1 aromatic heterocycles. The number of thiazole rings is 1. The molecular formula is C13H20N2OS. The summed E-state index contributed by atoms with van der Waals surface area (Å²) >= 11 is 1.71. The van der Waals surface area contributed by atoms with E-state index in [0.717, 1.165) is 11.4 Å². The van der Waals surface area contributed by atoms with Crippen LogP contribution in [0.4, 0.5) is 0 Å². The van der Waals surface area contributed by atoms with Gasteiger partial charge in [0.05, 0.1) is 10.7 Å². The van der Waals surface area contributed by atoms with Crippen molar-refractivity contribution in [3.63, 3.8) is 0 Å². The van der Waals surface area contributed by atoms with Gasteiger partial charge in [0.2, 0.25) is 0 Å². The highest BCUT2D eigenvalue weighted by Crippen LogP contribution is 2.28. The Morgan fingerprint density at radius 1 is 1.53 bits per heavy atom. The summed E-state index contributed by atoms with van der Waals surface area (Å²) in [6.07, 6.45) is 3.87. The van der Waals surface area contributed by atoms with Gasteiger partial charge in [0.15, 0.2) is 0 Å². The summed E-state index contributed by atoms with van der Waals surface area (Å²) in [6.45, 7) is 3.99. The van der Waals surface area contributed by atoms with Crippen LogP contribution in [0.5, 0.6) is 0 Å². The molecule has 0 radical (unpaired) electrons. The molecule has 0 amide bonds. The van der Waals surface area contributed by atoms with Crippen molar-refractivity contribution in [3.8, 4) is 0 Å². The van der Waals surface area contributed by atoms with E-state index in [1.54, 1.807) is 18.3 Å². The van der Waals surface area contributed by atoms with Crippen molar-refractivity contribution >= 4 is 17.1 Å². The fourth-order valence-corrected chi connectivity index (χ4v) is 3.09. The first-order valence-electron chi connectivity index (χ1n) is 6.27. The van der Waals surface area contributed by atoms with Gasteiger partial charge in [-0.2, -0.15) is 0 Å². The molecule has 1 aliphatic heterocycles. The number of hydrogen-bond donors (Lipinski definition) is 0. The van der Waals surface area contributed by atoms with Crippen LogP contribution in [0, 0.1) is 0 Å². The third-order valence-corrected chi connectivity index (χ3v) is 4.32. The van der Waals surface area contributed by atoms with Crippen LogP contribution in [-0.2, 0) is 11.2 Å². The standard InChI is InChI=1S/C13H20N2OS/c1-10(16)3-4-13-14-12(9-17-13)11-5-7-15(2)8-6-11/h9,11H,3-8H2,1-2H3. The second kappa shape index (κ2) is 5.74. The highest BCUT2D eigenvalue weighted by Gasteiger charge is 2.20. The Hall–Kier alpha value is -0.740. The topological polar surface area (TPSA) is 33.2 Å². The lowest BCUT2D eigenvalue weighted by atomic mass is 9.94. The average Bonchev–Trinajstić information content (AvgIpc) is 2.76. The Morgan fingerprint density at radius 3 is 2.88 bits per heavy atom. The molecule has 0 N–H and O–H groups in total. The number of Topliss-reactive ketones (excluding diaryl/α,β-unsaturated/α-hetero) is 1. The van der Waals surface area contributed by atoms with Crippen LogP contribution >= 0.6 is 11.3 Å². The summed E-state index contributed by atoms with van der Waals surface area (Å²) in [5, 5.41) is 3.31. The smallest absolute Gasteiger partial charge is 0.130 e. The van der Waals surface area contributed by atoms with Crippen LogP contribution < -0.4 is 0 Å². The maximum atomic E-state index is 10.9. The van der Waals surface area contributed by atoms with Crippen LogP contribution in [0.1, 0.15) is 42.8 Å². The van der Waals surface area contributed by atoms with Crippen molar-refractivity contribution in [1.82, 2.24) is 9.88 Å². The van der Waals surface area contributed by atoms with Gasteiger partial charge in [-0.05, 0) is 39.9 Å². The average molecular weight is 252 g/mol. The number of rotatable bonds is 4. The van der Waals surface area contributed by atoms with E-state index in [4.69, 9.17) is 0 Å². The first-order chi connectivity index (χ1) is 8.15. The number of piperidine rings is 1. The van der Waals surface area contributed by atoms with E-state index < -0.39 is 0 Å². The van der Waals surface area contributed by atoms with E-state index in [9.17, 15) is 4.79 Å². The number of aromatic nitrogens is 1. The largest absolute Gasteiger partial charge is 0.306 e. The molecule has 0 atom stereocenters. The highest BCUT2D eigenvalue weighted by atomic mass is 32.1. The molecule has 1 saturated heterocycles. The fourth-order valence-electron chi connectivity index (χ4n) is 2.21. The zero-order valence-corrected chi connectivity index (χ0v) is 11.4. The molecule has 0 saturated carbocycles. The SMILES string of the molecule is CC(=O)CCc1nc(C2CCN(C)CC2)cs1. The van der Waals surface area contributed by atoms with Gasteiger partial charge in [0.1, 0.15) is 5.78 Å². The molecule has 3 nitrogen and oxygen atoms in total. The van der Waals surface area contributed by atoms with E-state index in [2.05, 4.69) is 22.3 Å². The monoisotopic (exact) mass is 252 g/mol. The molecule has 2 heterocycles. The second-order valence-corrected chi connectivity index (χ2v) is 5.89. The quantitative estimate of drug-likeness (QED) is 0.825. The molecule has 94 valence electrons. The van der Waals surface area contributed by atoms with Crippen LogP contribution in [0.3, 0.4) is 0 Å². The number of carbonyl (C=O) groups excluding carboxylic acids is 1. The van der Waals surface area contributed by atoms with Gasteiger partial charge in [-0.15, -0.1) is 11.3 Å². The summed E-state index contributed by atoms with van der Waals surface area (Å²) < 4.78 is 0. The molecule has 0 bridgehead atoms. The van der Waals surface area contributed by atoms with Crippen molar-refractivity contribution < 1.29 is 4.79 Å². The van der Waals surface area contributed by atoms with E-state index in [1.807, 2.05) is 0 Å². The summed E-state index contributed by atoms with van der Waals surface area (Å²) in [4.78, 5) is 18.0. The number of nitrogens with zero attached hydrogens (tertiary/aromatic N) is 2. The second-order valence-electron chi connectivity index (χ2n) is 4.95. The van der Waals surface area contributed by atoms with Gasteiger partial charge in [0.25, 0.3) is 0 Å². The lowest BCUT2D eigenvalue weighted by molar-refractivity contribution is -0.116. The molecule has 0 unspecified atom stereocenters. The molecule has 4 heteroatoms. The molecule has 1 aromatic rings. The van der Waals surface area contributed by atoms with Gasteiger partial charge in [-0.3, -0.25) is 0 Å². The Labute approximate surface area is 107 Å². The van der Waals surface area contributed by atoms with Crippen molar-refractivity contribution in [3.05, 3.63) is 16.1 Å². The maximum Gasteiger partial charge on any atom is 0.130 e. The first kappa shape index (κ1) is 12.7. The Bertz CT molecular complexity index is 381. The molecule has 0 spiro atoms. The van der Waals surface area contributed by atoms with Crippen molar-refractivity contribution in [1.29, 1.82) is 0 Å². The van der Waals surface area contributed by atoms with E-state index >= 15 is 0 Å². The number of carbonyl (C=O) groups is 1. The van der Waals surface area contributed by atoms with Crippen LogP contribution in [0.25, 0.3) is 0 Å². The van der Waals surface area contributed by atoms with Crippen LogP contribution in [-0.4, -0.2) is 35.8 Å². The Kier molecular flexibility index (Phi) is 4.29.